The van der Waals surface area contributed by atoms with Crippen LogP contribution in [0.5, 0.6) is 0 Å². The molecule has 0 aliphatic rings. The average molecular weight is 162 g/mol. The van der Waals surface area contributed by atoms with E-state index in [1.54, 1.807) is 12.1 Å². The van der Waals surface area contributed by atoms with E-state index >= 15 is 0 Å². The second kappa shape index (κ2) is 3.17. The van der Waals surface area contributed by atoms with E-state index in [1.165, 1.54) is 13.1 Å². The second-order valence-corrected chi connectivity index (χ2v) is 2.51. The van der Waals surface area contributed by atoms with Crippen LogP contribution in [0.15, 0.2) is 24.9 Å². The molecule has 0 atom stereocenters. The topological polar surface area (TPSA) is 56.0 Å². The molecule has 0 saturated carbocycles. The molecule has 0 saturated heterocycles. The first-order chi connectivity index (χ1) is 5.61. The highest BCUT2D eigenvalue weighted by Gasteiger charge is 1.99. The van der Waals surface area contributed by atoms with Crippen molar-refractivity contribution in [3.05, 3.63) is 36.2 Å². The fourth-order valence-corrected chi connectivity index (χ4v) is 0.792. The van der Waals surface area contributed by atoms with Gasteiger partial charge in [-0.05, 0) is 19.1 Å². The first-order valence-corrected chi connectivity index (χ1v) is 3.53. The molecule has 62 valence electrons. The van der Waals surface area contributed by atoms with Gasteiger partial charge >= 0.3 is 0 Å². The van der Waals surface area contributed by atoms with Crippen molar-refractivity contribution in [3.8, 4) is 0 Å². The fourth-order valence-electron chi connectivity index (χ4n) is 0.792. The molecule has 0 fully saturated rings. The van der Waals surface area contributed by atoms with E-state index in [2.05, 4.69) is 11.6 Å². The number of hydrogen-bond donors (Lipinski definition) is 1. The minimum absolute atomic E-state index is 0.00307. The van der Waals surface area contributed by atoms with Gasteiger partial charge in [0, 0.05) is 11.8 Å². The minimum atomic E-state index is -0.00307. The predicted molar refractivity (Wildman–Crippen MR) is 47.5 cm³/mol. The van der Waals surface area contributed by atoms with Gasteiger partial charge < -0.3 is 5.73 Å². The van der Waals surface area contributed by atoms with Gasteiger partial charge in [0.2, 0.25) is 0 Å². The summed E-state index contributed by atoms with van der Waals surface area (Å²) < 4.78 is 0. The van der Waals surface area contributed by atoms with E-state index in [1.807, 2.05) is 0 Å². The zero-order valence-corrected chi connectivity index (χ0v) is 6.87. The predicted octanol–water partition coefficient (Wildman–Crippen LogP) is 1.21. The Morgan fingerprint density at radius 3 is 2.58 bits per heavy atom. The maximum Gasteiger partial charge on any atom is 0.161 e. The fraction of sp³-hybridized carbons (Fsp3) is 0.111. The van der Waals surface area contributed by atoms with Gasteiger partial charge in [-0.25, -0.2) is 0 Å². The molecular weight excluding hydrogens is 152 g/mol. The summed E-state index contributed by atoms with van der Waals surface area (Å²) in [6.45, 7) is 5.02. The van der Waals surface area contributed by atoms with Crippen LogP contribution in [0.25, 0.3) is 5.70 Å². The molecule has 0 aliphatic carbocycles. The SMILES string of the molecule is C=C(N)c1ccc(C(C)=O)cn1. The van der Waals surface area contributed by atoms with Crippen LogP contribution in [0.3, 0.4) is 0 Å². The van der Waals surface area contributed by atoms with Crippen molar-refractivity contribution in [2.75, 3.05) is 0 Å². The lowest BCUT2D eigenvalue weighted by Gasteiger charge is -1.98. The van der Waals surface area contributed by atoms with E-state index in [0.717, 1.165) is 0 Å². The number of aromatic nitrogens is 1. The molecule has 0 spiro atoms. The Balaban J connectivity index is 3.01. The van der Waals surface area contributed by atoms with E-state index in [0.29, 0.717) is 17.0 Å². The van der Waals surface area contributed by atoms with Crippen LogP contribution in [-0.4, -0.2) is 10.8 Å². The Kier molecular flexibility index (Phi) is 2.24. The third-order valence-corrected chi connectivity index (χ3v) is 1.50. The van der Waals surface area contributed by atoms with Crippen molar-refractivity contribution in [1.82, 2.24) is 4.98 Å². The van der Waals surface area contributed by atoms with Gasteiger partial charge in [0.25, 0.3) is 0 Å². The van der Waals surface area contributed by atoms with Gasteiger partial charge in [-0.3, -0.25) is 9.78 Å². The number of carbonyl (C=O) groups is 1. The quantitative estimate of drug-likeness (QED) is 0.665. The van der Waals surface area contributed by atoms with Crippen LogP contribution in [0.4, 0.5) is 0 Å². The number of nitrogens with zero attached hydrogens (tertiary/aromatic N) is 1. The lowest BCUT2D eigenvalue weighted by atomic mass is 10.2. The summed E-state index contributed by atoms with van der Waals surface area (Å²) >= 11 is 0. The number of nitrogens with two attached hydrogens (primary N) is 1. The molecule has 0 unspecified atom stereocenters. The van der Waals surface area contributed by atoms with Crippen molar-refractivity contribution in [3.63, 3.8) is 0 Å². The number of rotatable bonds is 2. The van der Waals surface area contributed by atoms with Crippen LogP contribution >= 0.6 is 0 Å². The average Bonchev–Trinajstić information content (AvgIpc) is 2.04. The largest absolute Gasteiger partial charge is 0.397 e. The summed E-state index contributed by atoms with van der Waals surface area (Å²) in [5.41, 5.74) is 7.00. The van der Waals surface area contributed by atoms with Crippen molar-refractivity contribution >= 4 is 11.5 Å². The molecule has 1 aromatic heterocycles. The van der Waals surface area contributed by atoms with E-state index in [-0.39, 0.29) is 5.78 Å². The molecule has 1 heterocycles. The van der Waals surface area contributed by atoms with Crippen LogP contribution in [-0.2, 0) is 0 Å². The minimum Gasteiger partial charge on any atom is -0.397 e. The van der Waals surface area contributed by atoms with Crippen LogP contribution < -0.4 is 5.73 Å². The van der Waals surface area contributed by atoms with Gasteiger partial charge in [-0.2, -0.15) is 0 Å². The number of hydrogen-bond acceptors (Lipinski definition) is 3. The lowest BCUT2D eigenvalue weighted by Crippen LogP contribution is -1.99. The third-order valence-electron chi connectivity index (χ3n) is 1.50. The molecule has 3 nitrogen and oxygen atoms in total. The van der Waals surface area contributed by atoms with Crippen molar-refractivity contribution in [2.24, 2.45) is 5.73 Å². The lowest BCUT2D eigenvalue weighted by molar-refractivity contribution is 0.101. The molecule has 0 amide bonds. The number of Topliss-reactive ketones (excluding diaryl/α,β-unsaturated/α-hetero) is 1. The molecule has 0 aromatic carbocycles. The Hall–Kier alpha value is -1.64. The molecular formula is C9H10N2O. The summed E-state index contributed by atoms with van der Waals surface area (Å²) in [6.07, 6.45) is 1.50. The van der Waals surface area contributed by atoms with Gasteiger partial charge in [0.05, 0.1) is 11.4 Å². The van der Waals surface area contributed by atoms with Crippen molar-refractivity contribution in [2.45, 2.75) is 6.92 Å². The molecule has 0 radical (unpaired) electrons. The summed E-state index contributed by atoms with van der Waals surface area (Å²) in [7, 11) is 0. The molecule has 1 aromatic rings. The molecule has 0 bridgehead atoms. The molecule has 1 rings (SSSR count). The molecule has 2 N–H and O–H groups in total. The monoisotopic (exact) mass is 162 g/mol. The maximum absolute atomic E-state index is 10.8. The number of ketones is 1. The second-order valence-electron chi connectivity index (χ2n) is 2.51. The first kappa shape index (κ1) is 8.46. The zero-order valence-electron chi connectivity index (χ0n) is 6.87. The van der Waals surface area contributed by atoms with Gasteiger partial charge in [0.1, 0.15) is 0 Å². The Morgan fingerprint density at radius 1 is 1.58 bits per heavy atom. The van der Waals surface area contributed by atoms with E-state index in [4.69, 9.17) is 5.73 Å². The number of carbonyl (C=O) groups excluding carboxylic acids is 1. The summed E-state index contributed by atoms with van der Waals surface area (Å²) in [6, 6.07) is 3.36. The van der Waals surface area contributed by atoms with Crippen LogP contribution in [0, 0.1) is 0 Å². The van der Waals surface area contributed by atoms with Gasteiger partial charge in [-0.15, -0.1) is 0 Å². The third kappa shape index (κ3) is 1.69. The summed E-state index contributed by atoms with van der Waals surface area (Å²) in [4.78, 5) is 14.8. The smallest absolute Gasteiger partial charge is 0.161 e. The Bertz CT molecular complexity index is 281. The van der Waals surface area contributed by atoms with Crippen molar-refractivity contribution < 1.29 is 4.79 Å². The highest BCUT2D eigenvalue weighted by atomic mass is 16.1. The maximum atomic E-state index is 10.8. The molecule has 12 heavy (non-hydrogen) atoms. The van der Waals surface area contributed by atoms with Crippen molar-refractivity contribution in [1.29, 1.82) is 0 Å². The highest BCUT2D eigenvalue weighted by Crippen LogP contribution is 2.04. The number of pyridine rings is 1. The van der Waals surface area contributed by atoms with E-state index in [9.17, 15) is 4.79 Å². The molecule has 0 aliphatic heterocycles. The normalized spacial score (nSPS) is 9.42. The summed E-state index contributed by atoms with van der Waals surface area (Å²) in [5.74, 6) is -0.00307. The summed E-state index contributed by atoms with van der Waals surface area (Å²) in [5, 5.41) is 0. The molecule has 3 heteroatoms. The van der Waals surface area contributed by atoms with Gasteiger partial charge in [0.15, 0.2) is 5.78 Å². The highest BCUT2D eigenvalue weighted by molar-refractivity contribution is 5.93. The van der Waals surface area contributed by atoms with E-state index < -0.39 is 0 Å². The first-order valence-electron chi connectivity index (χ1n) is 3.53. The van der Waals surface area contributed by atoms with Crippen LogP contribution in [0.2, 0.25) is 0 Å². The zero-order chi connectivity index (χ0) is 9.14. The van der Waals surface area contributed by atoms with Gasteiger partial charge in [-0.1, -0.05) is 6.58 Å². The standard InChI is InChI=1S/C9H10N2O/c1-6(10)9-4-3-8(5-11-9)7(2)12/h3-5H,1,10H2,2H3. The Labute approximate surface area is 70.9 Å². The Morgan fingerprint density at radius 2 is 2.25 bits per heavy atom. The van der Waals surface area contributed by atoms with Crippen LogP contribution in [0.1, 0.15) is 23.0 Å².